The standard InChI is InChI=1S/C3H5O6P.3Na/c4-2(5)1-10(8,9)3(6)7;;;/h1H2,(H,4,5)(H,6,7)(H,8,9);;;/q;;2*+1/p-3. The molecule has 1 radical (unpaired) electrons. The van der Waals surface area contributed by atoms with Crippen molar-refractivity contribution in [3.63, 3.8) is 0 Å². The van der Waals surface area contributed by atoms with Crippen molar-refractivity contribution in [2.24, 2.45) is 0 Å². The number of rotatable bonds is 3. The molecule has 0 saturated heterocycles. The van der Waals surface area contributed by atoms with Crippen LogP contribution in [-0.4, -0.2) is 47.4 Å². The van der Waals surface area contributed by atoms with Gasteiger partial charge < -0.3 is 29.3 Å². The molecular formula is C3H2Na3O6P-. The number of hydrogen-bond donors (Lipinski definition) is 0. The van der Waals surface area contributed by atoms with Crippen molar-refractivity contribution in [1.29, 1.82) is 0 Å². The Balaban J connectivity index is -0.000000135. The first-order valence-electron chi connectivity index (χ1n) is 2.08. The van der Waals surface area contributed by atoms with Crippen molar-refractivity contribution in [3.05, 3.63) is 0 Å². The second kappa shape index (κ2) is 10.6. The van der Waals surface area contributed by atoms with Crippen LogP contribution < -0.4 is 74.2 Å². The predicted molar refractivity (Wildman–Crippen MR) is 28.6 cm³/mol. The molecule has 10 heteroatoms. The third-order valence-electron chi connectivity index (χ3n) is 0.615. The summed E-state index contributed by atoms with van der Waals surface area (Å²) in [6.07, 6.45) is -1.52. The summed E-state index contributed by atoms with van der Waals surface area (Å²) in [4.78, 5) is 29.2. The summed E-state index contributed by atoms with van der Waals surface area (Å²) in [5.74, 6) is -1.96. The summed E-state index contributed by atoms with van der Waals surface area (Å²) in [6.45, 7) is 0. The van der Waals surface area contributed by atoms with Crippen LogP contribution in [0.3, 0.4) is 0 Å². The molecule has 0 aliphatic carbocycles. The minimum Gasteiger partial charge on any atom is -0.795 e. The molecule has 0 saturated carbocycles. The first kappa shape index (κ1) is 24.4. The third kappa shape index (κ3) is 12.1. The van der Waals surface area contributed by atoms with Crippen molar-refractivity contribution in [3.8, 4) is 0 Å². The van der Waals surface area contributed by atoms with Gasteiger partial charge in [-0.1, -0.05) is 0 Å². The van der Waals surface area contributed by atoms with E-state index < -0.39 is 25.2 Å². The summed E-state index contributed by atoms with van der Waals surface area (Å²) in [6, 6.07) is 0. The van der Waals surface area contributed by atoms with E-state index in [0.29, 0.717) is 0 Å². The summed E-state index contributed by atoms with van der Waals surface area (Å²) in [5.41, 5.74) is -2.38. The van der Waals surface area contributed by atoms with Crippen molar-refractivity contribution < 1.29 is 88.4 Å². The first-order chi connectivity index (χ1) is 4.36. The summed E-state index contributed by atoms with van der Waals surface area (Å²) >= 11 is 0. The normalized spacial score (nSPS) is 12.1. The molecule has 0 aromatic carbocycles. The van der Waals surface area contributed by atoms with Crippen LogP contribution in [0.5, 0.6) is 0 Å². The average Bonchev–Trinajstić information content (AvgIpc) is 1.60. The van der Waals surface area contributed by atoms with Crippen molar-refractivity contribution >= 4 is 48.6 Å². The molecule has 0 fully saturated rings. The van der Waals surface area contributed by atoms with E-state index in [1.165, 1.54) is 0 Å². The molecule has 1 atom stereocenters. The number of carbonyl (C=O) groups excluding carboxylic acids is 2. The van der Waals surface area contributed by atoms with Gasteiger partial charge in [0, 0.05) is 41.7 Å². The number of carboxylic acids is 1. The van der Waals surface area contributed by atoms with Crippen LogP contribution in [0.2, 0.25) is 0 Å². The molecule has 13 heavy (non-hydrogen) atoms. The maximum atomic E-state index is 10.1. The summed E-state index contributed by atoms with van der Waals surface area (Å²) in [5, 5.41) is 19.1. The smallest absolute Gasteiger partial charge is 0.795 e. The molecule has 0 heterocycles. The van der Waals surface area contributed by atoms with Crippen molar-refractivity contribution in [1.82, 2.24) is 0 Å². The Kier molecular flexibility index (Phi) is 20.0. The van der Waals surface area contributed by atoms with Gasteiger partial charge in [-0.15, -0.1) is 0 Å². The van der Waals surface area contributed by atoms with Crippen molar-refractivity contribution in [2.75, 3.05) is 6.16 Å². The number of aliphatic carboxylic acids is 1. The fourth-order valence-corrected chi connectivity index (χ4v) is 0.704. The molecule has 1 unspecified atom stereocenters. The molecule has 59 valence electrons. The second-order valence-electron chi connectivity index (χ2n) is 1.47. The van der Waals surface area contributed by atoms with Gasteiger partial charge in [0.25, 0.3) is 0 Å². The van der Waals surface area contributed by atoms with E-state index in [2.05, 4.69) is 0 Å². The number of hydrogen-bond acceptors (Lipinski definition) is 6. The monoisotopic (exact) mass is 234 g/mol. The minimum atomic E-state index is -4.93. The minimum absolute atomic E-state index is 0. The Labute approximate surface area is 141 Å². The SMILES string of the molecule is O=C([O-])CP(=O)([O-])C(=O)[O-].[Na+].[Na+].[Na]. The maximum Gasteiger partial charge on any atom is 1.00 e. The van der Waals surface area contributed by atoms with E-state index in [4.69, 9.17) is 0 Å². The van der Waals surface area contributed by atoms with Gasteiger partial charge in [0.15, 0.2) is 0 Å². The topological polar surface area (TPSA) is 120 Å². The Morgan fingerprint density at radius 3 is 1.54 bits per heavy atom. The van der Waals surface area contributed by atoms with Gasteiger partial charge in [-0.05, 0) is 0 Å². The van der Waals surface area contributed by atoms with E-state index in [0.717, 1.165) is 0 Å². The molecule has 0 spiro atoms. The summed E-state index contributed by atoms with van der Waals surface area (Å²) in [7, 11) is -4.93. The van der Waals surface area contributed by atoms with Crippen LogP contribution in [0.4, 0.5) is 4.79 Å². The van der Waals surface area contributed by atoms with Crippen LogP contribution in [-0.2, 0) is 9.36 Å². The molecule has 0 bridgehead atoms. The molecular weight excluding hydrogens is 232 g/mol. The van der Waals surface area contributed by atoms with Gasteiger partial charge in [0.1, 0.15) is 0 Å². The van der Waals surface area contributed by atoms with Crippen LogP contribution in [0.1, 0.15) is 0 Å². The van der Waals surface area contributed by atoms with Crippen molar-refractivity contribution in [2.45, 2.75) is 0 Å². The second-order valence-corrected chi connectivity index (χ2v) is 3.50. The predicted octanol–water partition coefficient (Wildman–Crippen LogP) is -9.65. The molecule has 0 rings (SSSR count). The van der Waals surface area contributed by atoms with E-state index in [-0.39, 0.29) is 88.7 Å². The van der Waals surface area contributed by atoms with E-state index in [1.807, 2.05) is 0 Å². The average molecular weight is 234 g/mol. The van der Waals surface area contributed by atoms with Crippen LogP contribution in [0.25, 0.3) is 0 Å². The Hall–Kier alpha value is 2.13. The zero-order chi connectivity index (χ0) is 8.36. The van der Waals surface area contributed by atoms with Crippen LogP contribution in [0, 0.1) is 0 Å². The molecule has 0 amide bonds. The maximum absolute atomic E-state index is 10.1. The van der Waals surface area contributed by atoms with Crippen LogP contribution in [0.15, 0.2) is 0 Å². The van der Waals surface area contributed by atoms with E-state index in [1.54, 1.807) is 0 Å². The Morgan fingerprint density at radius 1 is 1.15 bits per heavy atom. The van der Waals surface area contributed by atoms with Gasteiger partial charge in [-0.2, -0.15) is 0 Å². The fraction of sp³-hybridized carbons (Fsp3) is 0.333. The van der Waals surface area contributed by atoms with Gasteiger partial charge in [0.05, 0.1) is 13.1 Å². The van der Waals surface area contributed by atoms with Crippen LogP contribution >= 0.6 is 7.37 Å². The molecule has 0 aliphatic rings. The van der Waals surface area contributed by atoms with Gasteiger partial charge in [0.2, 0.25) is 0 Å². The Morgan fingerprint density at radius 2 is 1.46 bits per heavy atom. The zero-order valence-corrected chi connectivity index (χ0v) is 14.5. The Bertz CT molecular complexity index is 217. The first-order valence-corrected chi connectivity index (χ1v) is 3.88. The largest absolute Gasteiger partial charge is 1.00 e. The third-order valence-corrected chi connectivity index (χ3v) is 1.85. The van der Waals surface area contributed by atoms with E-state index in [9.17, 15) is 29.3 Å². The van der Waals surface area contributed by atoms with Gasteiger partial charge in [-0.25, -0.2) is 0 Å². The molecule has 0 aromatic heterocycles. The number of carbonyl (C=O) groups is 2. The van der Waals surface area contributed by atoms with Gasteiger partial charge >= 0.3 is 59.1 Å². The van der Waals surface area contributed by atoms with Gasteiger partial charge in [-0.3, -0.25) is 0 Å². The summed E-state index contributed by atoms with van der Waals surface area (Å²) < 4.78 is 10.1. The molecule has 0 aromatic rings. The molecule has 0 aliphatic heterocycles. The molecule has 6 nitrogen and oxygen atoms in total. The zero-order valence-electron chi connectivity index (χ0n) is 7.60. The van der Waals surface area contributed by atoms with E-state index >= 15 is 0 Å². The quantitative estimate of drug-likeness (QED) is 0.353. The number of carboxylic acid groups (broad SMARTS) is 2. The fourth-order valence-electron chi connectivity index (χ4n) is 0.235. The molecule has 0 N–H and O–H groups in total.